The molecule has 0 atom stereocenters. The van der Waals surface area contributed by atoms with Gasteiger partial charge in [-0.2, -0.15) is 5.10 Å². The van der Waals surface area contributed by atoms with E-state index in [1.165, 1.54) is 12.1 Å². The standard InChI is InChI=1S/C11H11N3O3/c15-14(16)10-2-4-11(5-3-10)17-9-8-13-7-1-6-12-13/h1-7H,8-9H2. The lowest BCUT2D eigenvalue weighted by molar-refractivity contribution is -0.384. The molecule has 1 heterocycles. The summed E-state index contributed by atoms with van der Waals surface area (Å²) in [4.78, 5) is 10.00. The smallest absolute Gasteiger partial charge is 0.269 e. The summed E-state index contributed by atoms with van der Waals surface area (Å²) in [6.45, 7) is 1.11. The molecule has 6 nitrogen and oxygen atoms in total. The Morgan fingerprint density at radius 3 is 2.71 bits per heavy atom. The highest BCUT2D eigenvalue weighted by Gasteiger charge is 2.03. The van der Waals surface area contributed by atoms with Crippen LogP contribution in [0, 0.1) is 10.1 Å². The highest BCUT2D eigenvalue weighted by atomic mass is 16.6. The van der Waals surface area contributed by atoms with E-state index in [1.54, 1.807) is 23.0 Å². The third-order valence-corrected chi connectivity index (χ3v) is 2.20. The van der Waals surface area contributed by atoms with Gasteiger partial charge in [-0.3, -0.25) is 14.8 Å². The van der Waals surface area contributed by atoms with Crippen molar-refractivity contribution >= 4 is 5.69 Å². The molecule has 0 unspecified atom stereocenters. The second kappa shape index (κ2) is 5.11. The molecule has 0 radical (unpaired) electrons. The molecule has 0 saturated heterocycles. The molecule has 1 aromatic carbocycles. The minimum Gasteiger partial charge on any atom is -0.492 e. The number of hydrogen-bond acceptors (Lipinski definition) is 4. The van der Waals surface area contributed by atoms with Crippen LogP contribution in [-0.4, -0.2) is 21.3 Å². The average molecular weight is 233 g/mol. The van der Waals surface area contributed by atoms with Crippen molar-refractivity contribution in [1.82, 2.24) is 9.78 Å². The highest BCUT2D eigenvalue weighted by molar-refractivity contribution is 5.35. The summed E-state index contributed by atoms with van der Waals surface area (Å²) in [6.07, 6.45) is 3.55. The molecule has 0 amide bonds. The first kappa shape index (κ1) is 11.1. The number of nitrogens with zero attached hydrogens (tertiary/aromatic N) is 3. The predicted octanol–water partition coefficient (Wildman–Crippen LogP) is 1.87. The van der Waals surface area contributed by atoms with Gasteiger partial charge in [0.05, 0.1) is 11.5 Å². The third-order valence-electron chi connectivity index (χ3n) is 2.20. The Balaban J connectivity index is 1.85. The van der Waals surface area contributed by atoms with Gasteiger partial charge in [0.2, 0.25) is 0 Å². The quantitative estimate of drug-likeness (QED) is 0.584. The Labute approximate surface area is 97.6 Å². The first-order valence-corrected chi connectivity index (χ1v) is 5.10. The monoisotopic (exact) mass is 233 g/mol. The Kier molecular flexibility index (Phi) is 3.34. The lowest BCUT2D eigenvalue weighted by Gasteiger charge is -2.05. The van der Waals surface area contributed by atoms with Gasteiger partial charge in [0, 0.05) is 24.5 Å². The second-order valence-electron chi connectivity index (χ2n) is 3.37. The largest absolute Gasteiger partial charge is 0.492 e. The number of benzene rings is 1. The maximum atomic E-state index is 10.4. The van der Waals surface area contributed by atoms with Crippen molar-refractivity contribution in [3.8, 4) is 5.75 Å². The Bertz CT molecular complexity index is 479. The zero-order valence-electron chi connectivity index (χ0n) is 9.02. The van der Waals surface area contributed by atoms with Crippen LogP contribution in [-0.2, 0) is 6.54 Å². The molecule has 0 fully saturated rings. The SMILES string of the molecule is O=[N+]([O-])c1ccc(OCCn2cccn2)cc1. The number of nitro groups is 1. The van der Waals surface area contributed by atoms with E-state index < -0.39 is 4.92 Å². The summed E-state index contributed by atoms with van der Waals surface area (Å²) in [5, 5.41) is 14.5. The molecule has 0 aliphatic rings. The lowest BCUT2D eigenvalue weighted by Crippen LogP contribution is -2.08. The van der Waals surface area contributed by atoms with Gasteiger partial charge < -0.3 is 4.74 Å². The van der Waals surface area contributed by atoms with Gasteiger partial charge >= 0.3 is 0 Å². The molecule has 88 valence electrons. The maximum Gasteiger partial charge on any atom is 0.269 e. The molecule has 0 aliphatic carbocycles. The van der Waals surface area contributed by atoms with Gasteiger partial charge in [-0.05, 0) is 18.2 Å². The predicted molar refractivity (Wildman–Crippen MR) is 60.8 cm³/mol. The summed E-state index contributed by atoms with van der Waals surface area (Å²) >= 11 is 0. The lowest BCUT2D eigenvalue weighted by atomic mass is 10.3. The van der Waals surface area contributed by atoms with E-state index in [4.69, 9.17) is 4.74 Å². The number of non-ortho nitro benzene ring substituents is 1. The number of ether oxygens (including phenoxy) is 1. The summed E-state index contributed by atoms with van der Waals surface area (Å²) in [5.41, 5.74) is 0.0597. The van der Waals surface area contributed by atoms with Crippen molar-refractivity contribution in [3.63, 3.8) is 0 Å². The van der Waals surface area contributed by atoms with Crippen molar-refractivity contribution in [1.29, 1.82) is 0 Å². The summed E-state index contributed by atoms with van der Waals surface area (Å²) < 4.78 is 7.19. The molecule has 2 rings (SSSR count). The highest BCUT2D eigenvalue weighted by Crippen LogP contribution is 2.17. The summed E-state index contributed by atoms with van der Waals surface area (Å²) in [7, 11) is 0. The Hall–Kier alpha value is -2.37. The molecule has 6 heteroatoms. The van der Waals surface area contributed by atoms with Crippen molar-refractivity contribution < 1.29 is 9.66 Å². The van der Waals surface area contributed by atoms with Gasteiger partial charge in [-0.25, -0.2) is 0 Å². The fraction of sp³-hybridized carbons (Fsp3) is 0.182. The first-order chi connectivity index (χ1) is 8.25. The Morgan fingerprint density at radius 2 is 2.12 bits per heavy atom. The minimum absolute atomic E-state index is 0.0597. The van der Waals surface area contributed by atoms with Gasteiger partial charge in [0.15, 0.2) is 0 Å². The first-order valence-electron chi connectivity index (χ1n) is 5.10. The molecule has 0 N–H and O–H groups in total. The Morgan fingerprint density at radius 1 is 1.35 bits per heavy atom. The third kappa shape index (κ3) is 3.04. The molecule has 2 aromatic rings. The zero-order chi connectivity index (χ0) is 12.1. The van der Waals surface area contributed by atoms with Crippen molar-refractivity contribution in [2.75, 3.05) is 6.61 Å². The van der Waals surface area contributed by atoms with E-state index in [9.17, 15) is 10.1 Å². The van der Waals surface area contributed by atoms with Crippen LogP contribution >= 0.6 is 0 Å². The van der Waals surface area contributed by atoms with Crippen LogP contribution in [0.1, 0.15) is 0 Å². The van der Waals surface area contributed by atoms with Crippen LogP contribution in [0.25, 0.3) is 0 Å². The fourth-order valence-corrected chi connectivity index (χ4v) is 1.35. The van der Waals surface area contributed by atoms with Gasteiger partial charge in [-0.15, -0.1) is 0 Å². The minimum atomic E-state index is -0.437. The molecule has 1 aromatic heterocycles. The van der Waals surface area contributed by atoms with Gasteiger partial charge in [0.1, 0.15) is 12.4 Å². The number of rotatable bonds is 5. The van der Waals surface area contributed by atoms with Gasteiger partial charge in [-0.1, -0.05) is 0 Å². The fourth-order valence-electron chi connectivity index (χ4n) is 1.35. The van der Waals surface area contributed by atoms with Crippen LogP contribution in [0.2, 0.25) is 0 Å². The van der Waals surface area contributed by atoms with E-state index in [1.807, 2.05) is 12.3 Å². The average Bonchev–Trinajstić information content (AvgIpc) is 2.83. The molecule has 0 bridgehead atoms. The number of hydrogen-bond donors (Lipinski definition) is 0. The van der Waals surface area contributed by atoms with Crippen LogP contribution in [0.3, 0.4) is 0 Å². The van der Waals surface area contributed by atoms with Crippen molar-refractivity contribution in [2.24, 2.45) is 0 Å². The molecular formula is C11H11N3O3. The van der Waals surface area contributed by atoms with Crippen molar-refractivity contribution in [3.05, 3.63) is 52.8 Å². The second-order valence-corrected chi connectivity index (χ2v) is 3.37. The topological polar surface area (TPSA) is 70.2 Å². The number of nitro benzene ring substituents is 1. The molecule has 17 heavy (non-hydrogen) atoms. The molecular weight excluding hydrogens is 222 g/mol. The zero-order valence-corrected chi connectivity index (χ0v) is 9.02. The van der Waals surface area contributed by atoms with E-state index in [0.717, 1.165) is 0 Å². The van der Waals surface area contributed by atoms with Crippen LogP contribution in [0.5, 0.6) is 5.75 Å². The molecule has 0 aliphatic heterocycles. The summed E-state index contributed by atoms with van der Waals surface area (Å²) in [6, 6.07) is 7.85. The van der Waals surface area contributed by atoms with E-state index in [0.29, 0.717) is 18.9 Å². The maximum absolute atomic E-state index is 10.4. The molecule has 0 spiro atoms. The normalized spacial score (nSPS) is 10.1. The van der Waals surface area contributed by atoms with Crippen LogP contribution in [0.15, 0.2) is 42.7 Å². The van der Waals surface area contributed by atoms with Gasteiger partial charge in [0.25, 0.3) is 5.69 Å². The van der Waals surface area contributed by atoms with E-state index in [-0.39, 0.29) is 5.69 Å². The van der Waals surface area contributed by atoms with E-state index in [2.05, 4.69) is 5.10 Å². The van der Waals surface area contributed by atoms with Crippen LogP contribution in [0.4, 0.5) is 5.69 Å². The van der Waals surface area contributed by atoms with Crippen molar-refractivity contribution in [2.45, 2.75) is 6.54 Å². The van der Waals surface area contributed by atoms with E-state index >= 15 is 0 Å². The number of aromatic nitrogens is 2. The van der Waals surface area contributed by atoms with Crippen LogP contribution < -0.4 is 4.74 Å². The molecule has 0 saturated carbocycles. The summed E-state index contributed by atoms with van der Waals surface area (Å²) in [5.74, 6) is 0.614.